The zero-order valence-corrected chi connectivity index (χ0v) is 12.5. The number of carboxylic acids is 1. The molecule has 2 rings (SSSR count). The Morgan fingerprint density at radius 1 is 1.33 bits per heavy atom. The third-order valence-electron chi connectivity index (χ3n) is 4.00. The van der Waals surface area contributed by atoms with Crippen molar-refractivity contribution in [2.24, 2.45) is 11.3 Å². The number of aliphatic carboxylic acids is 1. The molecule has 0 fully saturated rings. The van der Waals surface area contributed by atoms with E-state index in [0.29, 0.717) is 18.1 Å². The molecule has 5 nitrogen and oxygen atoms in total. The number of benzene rings is 1. The highest BCUT2D eigenvalue weighted by molar-refractivity contribution is 5.74. The normalized spacial score (nSPS) is 14.1. The van der Waals surface area contributed by atoms with Crippen LogP contribution in [0, 0.1) is 11.3 Å². The highest BCUT2D eigenvalue weighted by Gasteiger charge is 2.38. The second-order valence-electron chi connectivity index (χ2n) is 5.82. The van der Waals surface area contributed by atoms with Crippen molar-refractivity contribution in [1.82, 2.24) is 10.1 Å². The molecule has 112 valence electrons. The molecule has 0 amide bonds. The lowest BCUT2D eigenvalue weighted by Gasteiger charge is -2.27. The van der Waals surface area contributed by atoms with Gasteiger partial charge < -0.3 is 9.63 Å². The molecule has 0 saturated carbocycles. The van der Waals surface area contributed by atoms with Gasteiger partial charge >= 0.3 is 5.97 Å². The van der Waals surface area contributed by atoms with Crippen LogP contribution in [-0.4, -0.2) is 21.2 Å². The van der Waals surface area contributed by atoms with Crippen molar-refractivity contribution in [3.63, 3.8) is 0 Å². The molecule has 1 heterocycles. The summed E-state index contributed by atoms with van der Waals surface area (Å²) in [7, 11) is 0. The fraction of sp³-hybridized carbons (Fsp3) is 0.438. The van der Waals surface area contributed by atoms with Crippen LogP contribution in [0.15, 0.2) is 34.9 Å². The van der Waals surface area contributed by atoms with Gasteiger partial charge in [-0.15, -0.1) is 0 Å². The lowest BCUT2D eigenvalue weighted by atomic mass is 9.76. The van der Waals surface area contributed by atoms with Gasteiger partial charge in [0.05, 0.1) is 5.41 Å². The van der Waals surface area contributed by atoms with Gasteiger partial charge in [-0.2, -0.15) is 4.98 Å². The van der Waals surface area contributed by atoms with Gasteiger partial charge in [0, 0.05) is 12.8 Å². The van der Waals surface area contributed by atoms with E-state index in [2.05, 4.69) is 10.1 Å². The van der Waals surface area contributed by atoms with E-state index in [1.165, 1.54) is 0 Å². The first kappa shape index (κ1) is 15.2. The van der Waals surface area contributed by atoms with Crippen LogP contribution in [0.25, 0.3) is 0 Å². The SMILES string of the molecule is CC(C)C(C)(Cc1nc(Cc2ccccc2)no1)C(=O)O. The second-order valence-corrected chi connectivity index (χ2v) is 5.82. The smallest absolute Gasteiger partial charge is 0.310 e. The average molecular weight is 288 g/mol. The summed E-state index contributed by atoms with van der Waals surface area (Å²) < 4.78 is 5.21. The molecule has 0 spiro atoms. The number of rotatable bonds is 6. The van der Waals surface area contributed by atoms with E-state index in [9.17, 15) is 9.90 Å². The van der Waals surface area contributed by atoms with Crippen LogP contribution in [0.5, 0.6) is 0 Å². The van der Waals surface area contributed by atoms with E-state index in [1.807, 2.05) is 44.2 Å². The molecule has 5 heteroatoms. The molecule has 1 aromatic heterocycles. The predicted octanol–water partition coefficient (Wildman–Crippen LogP) is 2.95. The Bertz CT molecular complexity index is 607. The summed E-state index contributed by atoms with van der Waals surface area (Å²) in [5, 5.41) is 13.4. The Labute approximate surface area is 124 Å². The monoisotopic (exact) mass is 288 g/mol. The molecule has 0 aliphatic rings. The zero-order chi connectivity index (χ0) is 15.5. The van der Waals surface area contributed by atoms with Gasteiger partial charge in [0.25, 0.3) is 0 Å². The summed E-state index contributed by atoms with van der Waals surface area (Å²) in [6, 6.07) is 9.84. The minimum Gasteiger partial charge on any atom is -0.481 e. The maximum Gasteiger partial charge on any atom is 0.310 e. The van der Waals surface area contributed by atoms with Crippen molar-refractivity contribution in [3.05, 3.63) is 47.6 Å². The summed E-state index contributed by atoms with van der Waals surface area (Å²) in [4.78, 5) is 15.8. The van der Waals surface area contributed by atoms with E-state index in [1.54, 1.807) is 6.92 Å². The van der Waals surface area contributed by atoms with Crippen LogP contribution >= 0.6 is 0 Å². The van der Waals surface area contributed by atoms with E-state index in [0.717, 1.165) is 5.56 Å². The molecule has 21 heavy (non-hydrogen) atoms. The van der Waals surface area contributed by atoms with Crippen LogP contribution in [-0.2, 0) is 17.6 Å². The van der Waals surface area contributed by atoms with Gasteiger partial charge in [-0.05, 0) is 18.4 Å². The Hall–Kier alpha value is -2.17. The minimum atomic E-state index is -0.906. The largest absolute Gasteiger partial charge is 0.481 e. The number of aromatic nitrogens is 2. The molecular weight excluding hydrogens is 268 g/mol. The number of carbonyl (C=O) groups is 1. The second kappa shape index (κ2) is 6.08. The maximum absolute atomic E-state index is 11.5. The highest BCUT2D eigenvalue weighted by atomic mass is 16.5. The van der Waals surface area contributed by atoms with Crippen LogP contribution in [0.2, 0.25) is 0 Å². The summed E-state index contributed by atoms with van der Waals surface area (Å²) >= 11 is 0. The van der Waals surface area contributed by atoms with Crippen molar-refractivity contribution in [1.29, 1.82) is 0 Å². The Morgan fingerprint density at radius 3 is 2.57 bits per heavy atom. The lowest BCUT2D eigenvalue weighted by molar-refractivity contribution is -0.150. The Kier molecular flexibility index (Phi) is 4.40. The Balaban J connectivity index is 2.11. The lowest BCUT2D eigenvalue weighted by Crippen LogP contribution is -2.35. The Morgan fingerprint density at radius 2 is 2.00 bits per heavy atom. The molecule has 0 bridgehead atoms. The molecule has 0 saturated heterocycles. The quantitative estimate of drug-likeness (QED) is 0.884. The molecular formula is C16H20N2O3. The maximum atomic E-state index is 11.5. The molecule has 1 N–H and O–H groups in total. The summed E-state index contributed by atoms with van der Waals surface area (Å²) in [5.74, 6) is 0.0759. The van der Waals surface area contributed by atoms with E-state index in [-0.39, 0.29) is 12.3 Å². The number of hydrogen-bond donors (Lipinski definition) is 1. The molecule has 0 aliphatic heterocycles. The molecule has 1 atom stereocenters. The zero-order valence-electron chi connectivity index (χ0n) is 12.5. The van der Waals surface area contributed by atoms with Gasteiger partial charge in [0.1, 0.15) is 0 Å². The van der Waals surface area contributed by atoms with Crippen molar-refractivity contribution in [2.75, 3.05) is 0 Å². The minimum absolute atomic E-state index is 0.0283. The number of carboxylic acid groups (broad SMARTS) is 1. The molecule has 1 aromatic carbocycles. The molecule has 1 unspecified atom stereocenters. The van der Waals surface area contributed by atoms with Crippen molar-refractivity contribution in [3.8, 4) is 0 Å². The molecule has 0 radical (unpaired) electrons. The fourth-order valence-electron chi connectivity index (χ4n) is 2.05. The van der Waals surface area contributed by atoms with Crippen LogP contribution < -0.4 is 0 Å². The van der Waals surface area contributed by atoms with Gasteiger partial charge in [-0.3, -0.25) is 4.79 Å². The topological polar surface area (TPSA) is 76.2 Å². The van der Waals surface area contributed by atoms with Crippen molar-refractivity contribution < 1.29 is 14.4 Å². The first-order chi connectivity index (χ1) is 9.91. The van der Waals surface area contributed by atoms with Crippen molar-refractivity contribution in [2.45, 2.75) is 33.6 Å². The van der Waals surface area contributed by atoms with Gasteiger partial charge in [-0.25, -0.2) is 0 Å². The van der Waals surface area contributed by atoms with E-state index in [4.69, 9.17) is 4.52 Å². The highest BCUT2D eigenvalue weighted by Crippen LogP contribution is 2.31. The van der Waals surface area contributed by atoms with Crippen molar-refractivity contribution >= 4 is 5.97 Å². The van der Waals surface area contributed by atoms with Crippen LogP contribution in [0.1, 0.15) is 38.0 Å². The number of hydrogen-bond acceptors (Lipinski definition) is 4. The molecule has 0 aliphatic carbocycles. The predicted molar refractivity (Wildman–Crippen MR) is 77.8 cm³/mol. The third-order valence-corrected chi connectivity index (χ3v) is 4.00. The summed E-state index contributed by atoms with van der Waals surface area (Å²) in [5.41, 5.74) is 0.186. The summed E-state index contributed by atoms with van der Waals surface area (Å²) in [6.45, 7) is 5.48. The van der Waals surface area contributed by atoms with E-state index >= 15 is 0 Å². The summed E-state index contributed by atoms with van der Waals surface area (Å²) in [6.07, 6.45) is 0.817. The van der Waals surface area contributed by atoms with Gasteiger partial charge in [0.15, 0.2) is 5.82 Å². The fourth-order valence-corrected chi connectivity index (χ4v) is 2.05. The average Bonchev–Trinajstić information content (AvgIpc) is 2.86. The van der Waals surface area contributed by atoms with Crippen LogP contribution in [0.4, 0.5) is 0 Å². The van der Waals surface area contributed by atoms with Gasteiger partial charge in [0.2, 0.25) is 5.89 Å². The first-order valence-corrected chi connectivity index (χ1v) is 7.00. The molecule has 2 aromatic rings. The first-order valence-electron chi connectivity index (χ1n) is 7.00. The van der Waals surface area contributed by atoms with Crippen LogP contribution in [0.3, 0.4) is 0 Å². The van der Waals surface area contributed by atoms with Gasteiger partial charge in [-0.1, -0.05) is 49.3 Å². The standard InChI is InChI=1S/C16H20N2O3/c1-11(2)16(3,15(19)20)10-14-17-13(18-21-14)9-12-7-5-4-6-8-12/h4-8,11H,9-10H2,1-3H3,(H,19,20). The third kappa shape index (κ3) is 3.48. The van der Waals surface area contributed by atoms with E-state index < -0.39 is 11.4 Å². The number of nitrogens with zero attached hydrogens (tertiary/aromatic N) is 2.